The van der Waals surface area contributed by atoms with E-state index in [0.29, 0.717) is 24.7 Å². The van der Waals surface area contributed by atoms with Crippen molar-refractivity contribution in [2.75, 3.05) is 6.54 Å². The number of aromatic nitrogens is 2. The Kier molecular flexibility index (Phi) is 5.06. The summed E-state index contributed by atoms with van der Waals surface area (Å²) in [6.45, 7) is 7.20. The van der Waals surface area contributed by atoms with Crippen LogP contribution in [-0.2, 0) is 13.0 Å². The molecule has 0 saturated carbocycles. The Morgan fingerprint density at radius 1 is 1.28 bits per heavy atom. The average molecular weight is 343 g/mol. The number of furan rings is 1. The van der Waals surface area contributed by atoms with E-state index in [0.717, 1.165) is 30.8 Å². The summed E-state index contributed by atoms with van der Waals surface area (Å²) < 4.78 is 7.25. The molecular formula is C19H25N3O3. The summed E-state index contributed by atoms with van der Waals surface area (Å²) in [5.74, 6) is 2.15. The minimum atomic E-state index is -0.193. The molecule has 2 aromatic rings. The molecule has 1 aliphatic rings. The predicted octanol–water partition coefficient (Wildman–Crippen LogP) is 3.03. The molecule has 1 saturated heterocycles. The van der Waals surface area contributed by atoms with Gasteiger partial charge >= 0.3 is 0 Å². The second-order valence-corrected chi connectivity index (χ2v) is 6.67. The smallest absolute Gasteiger partial charge is 0.274 e. The first-order chi connectivity index (χ1) is 12.0. The minimum absolute atomic E-state index is 0.0830. The standard InChI is InChI=1S/C19H25N3O3/c1-4-14-6-8-17(25-14)16-12-13(3)10-11-21(16)19(24)15-7-9-18(23)22(5-2)20-15/h6-9,13,16H,4-5,10-12H2,1-3H3/t13-,16+/m1/s1. The highest BCUT2D eigenvalue weighted by molar-refractivity contribution is 5.92. The van der Waals surface area contributed by atoms with Gasteiger partial charge in [-0.05, 0) is 43.9 Å². The van der Waals surface area contributed by atoms with Gasteiger partial charge in [0, 0.05) is 25.6 Å². The Balaban J connectivity index is 1.92. The normalized spacial score (nSPS) is 20.7. The molecule has 2 atom stereocenters. The first kappa shape index (κ1) is 17.5. The summed E-state index contributed by atoms with van der Waals surface area (Å²) in [5, 5.41) is 4.22. The van der Waals surface area contributed by atoms with Crippen LogP contribution in [0, 0.1) is 5.92 Å². The molecule has 0 aliphatic carbocycles. The molecule has 0 radical (unpaired) electrons. The molecule has 0 unspecified atom stereocenters. The summed E-state index contributed by atoms with van der Waals surface area (Å²) in [6.07, 6.45) is 2.66. The van der Waals surface area contributed by atoms with Crippen LogP contribution in [-0.4, -0.2) is 27.1 Å². The topological polar surface area (TPSA) is 68.3 Å². The lowest BCUT2D eigenvalue weighted by Crippen LogP contribution is -2.41. The molecule has 1 amide bonds. The number of carbonyl (C=O) groups excluding carboxylic acids is 1. The van der Waals surface area contributed by atoms with E-state index < -0.39 is 0 Å². The first-order valence-electron chi connectivity index (χ1n) is 9.01. The van der Waals surface area contributed by atoms with Crippen molar-refractivity contribution in [3.63, 3.8) is 0 Å². The molecule has 25 heavy (non-hydrogen) atoms. The first-order valence-corrected chi connectivity index (χ1v) is 9.01. The van der Waals surface area contributed by atoms with E-state index in [2.05, 4.69) is 12.0 Å². The summed E-state index contributed by atoms with van der Waals surface area (Å²) in [4.78, 5) is 26.6. The van der Waals surface area contributed by atoms with Gasteiger partial charge in [-0.1, -0.05) is 13.8 Å². The van der Waals surface area contributed by atoms with Gasteiger partial charge in [0.15, 0.2) is 0 Å². The minimum Gasteiger partial charge on any atom is -0.464 e. The number of nitrogens with zero attached hydrogens (tertiary/aromatic N) is 3. The molecule has 0 aromatic carbocycles. The fraction of sp³-hybridized carbons (Fsp3) is 0.526. The fourth-order valence-electron chi connectivity index (χ4n) is 3.35. The number of rotatable bonds is 4. The molecule has 6 heteroatoms. The van der Waals surface area contributed by atoms with Crippen LogP contribution in [0.2, 0.25) is 0 Å². The molecule has 2 aromatic heterocycles. The largest absolute Gasteiger partial charge is 0.464 e. The zero-order chi connectivity index (χ0) is 18.0. The predicted molar refractivity (Wildman–Crippen MR) is 94.4 cm³/mol. The Bertz CT molecular complexity index is 808. The van der Waals surface area contributed by atoms with Crippen LogP contribution >= 0.6 is 0 Å². The highest BCUT2D eigenvalue weighted by atomic mass is 16.3. The van der Waals surface area contributed by atoms with Crippen LogP contribution in [0.4, 0.5) is 0 Å². The lowest BCUT2D eigenvalue weighted by atomic mass is 9.91. The van der Waals surface area contributed by atoms with E-state index in [1.165, 1.54) is 16.8 Å². The van der Waals surface area contributed by atoms with Crippen LogP contribution in [0.25, 0.3) is 0 Å². The van der Waals surface area contributed by atoms with E-state index in [1.807, 2.05) is 30.9 Å². The highest BCUT2D eigenvalue weighted by Crippen LogP contribution is 2.35. The van der Waals surface area contributed by atoms with Crippen molar-refractivity contribution in [1.82, 2.24) is 14.7 Å². The Hall–Kier alpha value is -2.37. The van der Waals surface area contributed by atoms with Crippen LogP contribution in [0.5, 0.6) is 0 Å². The van der Waals surface area contributed by atoms with Crippen molar-refractivity contribution in [3.05, 3.63) is 51.8 Å². The van der Waals surface area contributed by atoms with Crippen molar-refractivity contribution in [2.24, 2.45) is 5.92 Å². The second kappa shape index (κ2) is 7.25. The molecule has 0 spiro atoms. The maximum atomic E-state index is 13.1. The molecular weight excluding hydrogens is 318 g/mol. The molecule has 3 rings (SSSR count). The highest BCUT2D eigenvalue weighted by Gasteiger charge is 2.34. The van der Waals surface area contributed by atoms with Crippen molar-refractivity contribution in [1.29, 1.82) is 0 Å². The zero-order valence-corrected chi connectivity index (χ0v) is 15.1. The van der Waals surface area contributed by atoms with Gasteiger partial charge in [-0.2, -0.15) is 5.10 Å². The van der Waals surface area contributed by atoms with Gasteiger partial charge in [0.1, 0.15) is 17.2 Å². The van der Waals surface area contributed by atoms with Gasteiger partial charge in [0.2, 0.25) is 0 Å². The van der Waals surface area contributed by atoms with Gasteiger partial charge in [0.05, 0.1) is 6.04 Å². The van der Waals surface area contributed by atoms with Crippen molar-refractivity contribution in [2.45, 2.75) is 52.6 Å². The molecule has 134 valence electrons. The SMILES string of the molecule is CCc1ccc([C@@H]2C[C@H](C)CCN2C(=O)c2ccc(=O)n(CC)n2)o1. The third-order valence-corrected chi connectivity index (χ3v) is 4.87. The summed E-state index contributed by atoms with van der Waals surface area (Å²) in [5.41, 5.74) is 0.116. The summed E-state index contributed by atoms with van der Waals surface area (Å²) in [7, 11) is 0. The van der Waals surface area contributed by atoms with Crippen molar-refractivity contribution < 1.29 is 9.21 Å². The van der Waals surface area contributed by atoms with E-state index in [9.17, 15) is 9.59 Å². The van der Waals surface area contributed by atoms with Gasteiger partial charge in [-0.25, -0.2) is 4.68 Å². The van der Waals surface area contributed by atoms with E-state index in [-0.39, 0.29) is 17.5 Å². The van der Waals surface area contributed by atoms with Crippen LogP contribution < -0.4 is 5.56 Å². The van der Waals surface area contributed by atoms with Crippen molar-refractivity contribution in [3.8, 4) is 0 Å². The van der Waals surface area contributed by atoms with Crippen LogP contribution in [0.3, 0.4) is 0 Å². The Morgan fingerprint density at radius 3 is 2.76 bits per heavy atom. The lowest BCUT2D eigenvalue weighted by Gasteiger charge is -2.37. The van der Waals surface area contributed by atoms with Crippen LogP contribution in [0.1, 0.15) is 61.7 Å². The number of hydrogen-bond acceptors (Lipinski definition) is 4. The second-order valence-electron chi connectivity index (χ2n) is 6.67. The van der Waals surface area contributed by atoms with Gasteiger partial charge < -0.3 is 9.32 Å². The molecule has 1 fully saturated rings. The number of hydrogen-bond donors (Lipinski definition) is 0. The number of amides is 1. The average Bonchev–Trinajstić information content (AvgIpc) is 3.10. The number of piperidine rings is 1. The quantitative estimate of drug-likeness (QED) is 0.856. The van der Waals surface area contributed by atoms with Gasteiger partial charge in [-0.3, -0.25) is 9.59 Å². The van der Waals surface area contributed by atoms with E-state index >= 15 is 0 Å². The monoisotopic (exact) mass is 343 g/mol. The molecule has 3 heterocycles. The Labute approximate surface area is 147 Å². The maximum absolute atomic E-state index is 13.1. The van der Waals surface area contributed by atoms with Gasteiger partial charge in [0.25, 0.3) is 11.5 Å². The van der Waals surface area contributed by atoms with E-state index in [4.69, 9.17) is 4.42 Å². The number of likely N-dealkylation sites (tertiary alicyclic amines) is 1. The molecule has 0 N–H and O–H groups in total. The van der Waals surface area contributed by atoms with Gasteiger partial charge in [-0.15, -0.1) is 0 Å². The molecule has 6 nitrogen and oxygen atoms in total. The number of carbonyl (C=O) groups is 1. The lowest BCUT2D eigenvalue weighted by molar-refractivity contribution is 0.0510. The Morgan fingerprint density at radius 2 is 2.08 bits per heavy atom. The number of aryl methyl sites for hydroxylation is 2. The van der Waals surface area contributed by atoms with Crippen LogP contribution in [0.15, 0.2) is 33.5 Å². The zero-order valence-electron chi connectivity index (χ0n) is 15.1. The molecule has 0 bridgehead atoms. The third kappa shape index (κ3) is 3.52. The molecule has 1 aliphatic heterocycles. The maximum Gasteiger partial charge on any atom is 0.274 e. The summed E-state index contributed by atoms with van der Waals surface area (Å²) >= 11 is 0. The van der Waals surface area contributed by atoms with Crippen molar-refractivity contribution >= 4 is 5.91 Å². The summed E-state index contributed by atoms with van der Waals surface area (Å²) in [6, 6.07) is 6.80. The van der Waals surface area contributed by atoms with E-state index in [1.54, 1.807) is 0 Å². The third-order valence-electron chi connectivity index (χ3n) is 4.87. The fourth-order valence-corrected chi connectivity index (χ4v) is 3.35.